The van der Waals surface area contributed by atoms with Crippen molar-refractivity contribution in [2.24, 2.45) is 0 Å². The van der Waals surface area contributed by atoms with Gasteiger partial charge in [-0.3, -0.25) is 14.5 Å². The van der Waals surface area contributed by atoms with Gasteiger partial charge >= 0.3 is 0 Å². The number of carbonyl (C=O) groups is 2. The number of fused-ring (bicyclic) bond motifs is 2. The van der Waals surface area contributed by atoms with Crippen LogP contribution in [-0.2, 0) is 4.79 Å². The molecule has 2 aromatic carbocycles. The molecule has 5 rings (SSSR count). The molecule has 0 aliphatic carbocycles. The molecule has 2 unspecified atom stereocenters. The van der Waals surface area contributed by atoms with Gasteiger partial charge < -0.3 is 9.80 Å². The largest absolute Gasteiger partial charge is 0.317 e. The lowest BCUT2D eigenvalue weighted by Gasteiger charge is -2.41. The first-order valence-electron chi connectivity index (χ1n) is 12.8. The number of nitrogens with zero attached hydrogens (tertiary/aromatic N) is 4. The van der Waals surface area contributed by atoms with Gasteiger partial charge in [0, 0.05) is 17.8 Å². The minimum atomic E-state index is -0.459. The number of carbonyl (C=O) groups excluding carboxylic acids is 2. The van der Waals surface area contributed by atoms with Crippen molar-refractivity contribution in [1.29, 1.82) is 0 Å². The average Bonchev–Trinajstić information content (AvgIpc) is 3.20. The summed E-state index contributed by atoms with van der Waals surface area (Å²) in [6.07, 6.45) is 2.71. The third-order valence-corrected chi connectivity index (χ3v) is 7.24. The SMILES string of the molecule is C=C(CCCC)N1c2nc(N3C(=O)c4ccccc4C3c3ccc(F)cc3)ccc2N(CC)C(=O)C1C. The van der Waals surface area contributed by atoms with Crippen LogP contribution >= 0.6 is 0 Å². The van der Waals surface area contributed by atoms with Gasteiger partial charge in [-0.2, -0.15) is 0 Å². The van der Waals surface area contributed by atoms with Crippen LogP contribution in [0.1, 0.15) is 67.6 Å². The van der Waals surface area contributed by atoms with Crippen LogP contribution < -0.4 is 14.7 Å². The van der Waals surface area contributed by atoms with E-state index in [0.29, 0.717) is 29.4 Å². The van der Waals surface area contributed by atoms with Gasteiger partial charge in [-0.15, -0.1) is 0 Å². The Morgan fingerprint density at radius 2 is 1.76 bits per heavy atom. The van der Waals surface area contributed by atoms with Gasteiger partial charge in [0.1, 0.15) is 17.7 Å². The molecule has 3 heterocycles. The van der Waals surface area contributed by atoms with Crippen LogP contribution in [-0.4, -0.2) is 29.4 Å². The number of likely N-dealkylation sites (N-methyl/N-ethyl adjacent to an activating group) is 1. The van der Waals surface area contributed by atoms with Gasteiger partial charge in [0.25, 0.3) is 5.91 Å². The Morgan fingerprint density at radius 3 is 2.46 bits per heavy atom. The second-order valence-corrected chi connectivity index (χ2v) is 9.53. The van der Waals surface area contributed by atoms with Crippen LogP contribution in [0.5, 0.6) is 0 Å². The number of pyridine rings is 1. The molecule has 3 aromatic rings. The van der Waals surface area contributed by atoms with E-state index >= 15 is 0 Å². The number of allylic oxidation sites excluding steroid dienone is 1. The predicted octanol–water partition coefficient (Wildman–Crippen LogP) is 6.24. The molecular weight excluding hydrogens is 467 g/mol. The van der Waals surface area contributed by atoms with E-state index in [0.717, 1.165) is 36.1 Å². The van der Waals surface area contributed by atoms with Gasteiger partial charge in [-0.25, -0.2) is 9.37 Å². The number of anilines is 3. The molecule has 6 nitrogen and oxygen atoms in total. The molecule has 1 aromatic heterocycles. The second-order valence-electron chi connectivity index (χ2n) is 9.53. The monoisotopic (exact) mass is 498 g/mol. The molecule has 0 saturated heterocycles. The molecule has 0 radical (unpaired) electrons. The summed E-state index contributed by atoms with van der Waals surface area (Å²) >= 11 is 0. The lowest BCUT2D eigenvalue weighted by molar-refractivity contribution is -0.119. The normalized spacial score (nSPS) is 18.8. The molecule has 7 heteroatoms. The van der Waals surface area contributed by atoms with Gasteiger partial charge in [-0.1, -0.05) is 50.3 Å². The molecule has 0 fully saturated rings. The summed E-state index contributed by atoms with van der Waals surface area (Å²) in [5.74, 6) is 0.589. The maximum atomic E-state index is 13.8. The Balaban J connectivity index is 1.65. The van der Waals surface area contributed by atoms with E-state index in [9.17, 15) is 14.0 Å². The highest BCUT2D eigenvalue weighted by molar-refractivity contribution is 6.12. The molecule has 2 amide bonds. The van der Waals surface area contributed by atoms with Crippen molar-refractivity contribution in [1.82, 2.24) is 4.98 Å². The molecule has 2 atom stereocenters. The molecule has 0 spiro atoms. The maximum Gasteiger partial charge on any atom is 0.260 e. The Kier molecular flexibility index (Phi) is 6.54. The highest BCUT2D eigenvalue weighted by Crippen LogP contribution is 2.44. The molecule has 0 bridgehead atoms. The lowest BCUT2D eigenvalue weighted by atomic mass is 9.98. The smallest absolute Gasteiger partial charge is 0.260 e. The minimum absolute atomic E-state index is 0.00367. The quantitative estimate of drug-likeness (QED) is 0.387. The predicted molar refractivity (Wildman–Crippen MR) is 144 cm³/mol. The first-order chi connectivity index (χ1) is 17.9. The van der Waals surface area contributed by atoms with E-state index in [-0.39, 0.29) is 17.6 Å². The number of hydrogen-bond acceptors (Lipinski definition) is 4. The summed E-state index contributed by atoms with van der Waals surface area (Å²) in [5.41, 5.74) is 3.77. The maximum absolute atomic E-state index is 13.8. The van der Waals surface area contributed by atoms with Crippen molar-refractivity contribution in [3.8, 4) is 0 Å². The minimum Gasteiger partial charge on any atom is -0.317 e. The Bertz CT molecular complexity index is 1370. The Morgan fingerprint density at radius 1 is 1.03 bits per heavy atom. The number of hydrogen-bond donors (Lipinski definition) is 0. The number of halogens is 1. The third-order valence-electron chi connectivity index (χ3n) is 7.24. The van der Waals surface area contributed by atoms with Gasteiger partial charge in [0.2, 0.25) is 5.91 Å². The number of unbranched alkanes of at least 4 members (excludes halogenated alkanes) is 1. The van der Waals surface area contributed by atoms with Gasteiger partial charge in [0.05, 0.1) is 11.7 Å². The fourth-order valence-electron chi connectivity index (χ4n) is 5.37. The summed E-state index contributed by atoms with van der Waals surface area (Å²) in [6.45, 7) is 10.7. The summed E-state index contributed by atoms with van der Waals surface area (Å²) in [4.78, 5) is 37.3. The molecular formula is C30H31FN4O2. The number of rotatable bonds is 7. The zero-order valence-electron chi connectivity index (χ0n) is 21.4. The third kappa shape index (κ3) is 4.08. The number of aromatic nitrogens is 1. The summed E-state index contributed by atoms with van der Waals surface area (Å²) in [7, 11) is 0. The fourth-order valence-corrected chi connectivity index (χ4v) is 5.37. The van der Waals surface area contributed by atoms with Crippen LogP contribution in [0.3, 0.4) is 0 Å². The van der Waals surface area contributed by atoms with E-state index in [1.54, 1.807) is 28.0 Å². The van der Waals surface area contributed by atoms with E-state index < -0.39 is 12.1 Å². The van der Waals surface area contributed by atoms with Crippen LogP contribution in [0.15, 0.2) is 72.9 Å². The standard InChI is InChI=1S/C30H31FN4O2/c1-5-7-10-19(3)34-20(4)29(36)33(6-2)25-17-18-26(32-28(25)34)35-27(21-13-15-22(31)16-14-21)23-11-8-9-12-24(23)30(35)37/h8-9,11-18,20,27H,3,5-7,10H2,1-2,4H3. The lowest BCUT2D eigenvalue weighted by Crippen LogP contribution is -2.52. The highest BCUT2D eigenvalue weighted by Gasteiger charge is 2.42. The zero-order valence-corrected chi connectivity index (χ0v) is 21.4. The summed E-state index contributed by atoms with van der Waals surface area (Å²) in [6, 6.07) is 16.5. The van der Waals surface area contributed by atoms with Gasteiger partial charge in [0.15, 0.2) is 5.82 Å². The Hall–Kier alpha value is -4.00. The first-order valence-corrected chi connectivity index (χ1v) is 12.8. The summed E-state index contributed by atoms with van der Waals surface area (Å²) < 4.78 is 13.8. The summed E-state index contributed by atoms with van der Waals surface area (Å²) in [5, 5.41) is 0. The van der Waals surface area contributed by atoms with Crippen LogP contribution in [0.2, 0.25) is 0 Å². The number of amides is 2. The fraction of sp³-hybridized carbons (Fsp3) is 0.300. The van der Waals surface area contributed by atoms with E-state index in [4.69, 9.17) is 4.98 Å². The van der Waals surface area contributed by atoms with Crippen molar-refractivity contribution in [2.75, 3.05) is 21.2 Å². The van der Waals surface area contributed by atoms with Crippen molar-refractivity contribution >= 4 is 29.1 Å². The first kappa shape index (κ1) is 24.7. The van der Waals surface area contributed by atoms with Crippen LogP contribution in [0.4, 0.5) is 21.7 Å². The average molecular weight is 499 g/mol. The highest BCUT2D eigenvalue weighted by atomic mass is 19.1. The number of benzene rings is 2. The van der Waals surface area contributed by atoms with E-state index in [2.05, 4.69) is 13.5 Å². The van der Waals surface area contributed by atoms with Crippen molar-refractivity contribution in [3.05, 3.63) is 95.4 Å². The topological polar surface area (TPSA) is 56.8 Å². The van der Waals surface area contributed by atoms with Gasteiger partial charge in [-0.05, 0) is 68.1 Å². The molecule has 2 aliphatic heterocycles. The Labute approximate surface area is 217 Å². The zero-order chi connectivity index (χ0) is 26.3. The van der Waals surface area contributed by atoms with Crippen molar-refractivity contribution in [2.45, 2.75) is 52.1 Å². The van der Waals surface area contributed by atoms with E-state index in [1.807, 2.05) is 49.1 Å². The molecule has 0 N–H and O–H groups in total. The second kappa shape index (κ2) is 9.81. The van der Waals surface area contributed by atoms with Crippen molar-refractivity contribution < 1.29 is 14.0 Å². The molecule has 37 heavy (non-hydrogen) atoms. The molecule has 190 valence electrons. The van der Waals surface area contributed by atoms with Crippen molar-refractivity contribution in [3.63, 3.8) is 0 Å². The van der Waals surface area contributed by atoms with Crippen LogP contribution in [0.25, 0.3) is 0 Å². The molecule has 2 aliphatic rings. The molecule has 0 saturated carbocycles. The van der Waals surface area contributed by atoms with E-state index in [1.165, 1.54) is 12.1 Å². The van der Waals surface area contributed by atoms with Crippen LogP contribution in [0, 0.1) is 5.82 Å².